The molecule has 1 spiro atoms. The Morgan fingerprint density at radius 1 is 1.30 bits per heavy atom. The molecule has 0 saturated carbocycles. The first-order valence-electron chi connectivity index (χ1n) is 6.27. The second kappa shape index (κ2) is 5.04. The molecule has 0 radical (unpaired) electrons. The lowest BCUT2D eigenvalue weighted by atomic mass is 9.79. The number of nitrogens with zero attached hydrogens (tertiary/aromatic N) is 3. The summed E-state index contributed by atoms with van der Waals surface area (Å²) in [7, 11) is 0. The van der Waals surface area contributed by atoms with E-state index >= 15 is 0 Å². The van der Waals surface area contributed by atoms with Gasteiger partial charge in [-0.2, -0.15) is 13.2 Å². The second-order valence-electron chi connectivity index (χ2n) is 5.47. The van der Waals surface area contributed by atoms with Gasteiger partial charge in [0.05, 0.1) is 0 Å². The highest BCUT2D eigenvalue weighted by Gasteiger charge is 2.46. The van der Waals surface area contributed by atoms with E-state index in [1.165, 1.54) is 0 Å². The molecule has 3 rings (SSSR count). The molecule has 1 aromatic rings. The normalized spacial score (nSPS) is 20.7. The van der Waals surface area contributed by atoms with Crippen LogP contribution in [-0.2, 0) is 6.18 Å². The number of rotatable bonds is 1. The second-order valence-corrected chi connectivity index (χ2v) is 5.47. The smallest absolute Gasteiger partial charge is 0.355 e. The number of alkyl halides is 3. The van der Waals surface area contributed by atoms with Crippen molar-refractivity contribution in [2.45, 2.75) is 19.5 Å². The van der Waals surface area contributed by atoms with Crippen molar-refractivity contribution in [3.63, 3.8) is 0 Å². The summed E-state index contributed by atoms with van der Waals surface area (Å²) in [6.45, 7) is 5.04. The van der Waals surface area contributed by atoms with Gasteiger partial charge in [0.2, 0.25) is 5.82 Å². The molecule has 1 aromatic heterocycles. The van der Waals surface area contributed by atoms with E-state index in [4.69, 9.17) is 0 Å². The number of nitrogens with one attached hydrogen (secondary N) is 1. The third-order valence-electron chi connectivity index (χ3n) is 3.80. The minimum atomic E-state index is -4.49. The molecule has 0 aromatic carbocycles. The standard InChI is InChI=1S/C12H15F3N4.ClH/c1-8-4-9(18-10(17-8)12(13,14)15)19-6-11(7-19)2-3-16-5-11;/h4,16H,2-3,5-7H2,1H3;1H. The maximum atomic E-state index is 12.7. The van der Waals surface area contributed by atoms with Crippen molar-refractivity contribution in [3.8, 4) is 0 Å². The van der Waals surface area contributed by atoms with E-state index in [1.54, 1.807) is 13.0 Å². The maximum absolute atomic E-state index is 12.7. The summed E-state index contributed by atoms with van der Waals surface area (Å²) in [4.78, 5) is 9.01. The molecule has 2 aliphatic rings. The van der Waals surface area contributed by atoms with Crippen LogP contribution in [0.25, 0.3) is 0 Å². The lowest BCUT2D eigenvalue weighted by Gasteiger charge is -2.48. The summed E-state index contributed by atoms with van der Waals surface area (Å²) in [6.07, 6.45) is -3.40. The van der Waals surface area contributed by atoms with E-state index in [9.17, 15) is 13.2 Å². The van der Waals surface area contributed by atoms with Crippen LogP contribution in [0, 0.1) is 12.3 Å². The van der Waals surface area contributed by atoms with Crippen molar-refractivity contribution in [1.82, 2.24) is 15.3 Å². The fourth-order valence-corrected chi connectivity index (χ4v) is 2.83. The van der Waals surface area contributed by atoms with Crippen LogP contribution in [0.3, 0.4) is 0 Å². The van der Waals surface area contributed by atoms with Crippen LogP contribution in [0.1, 0.15) is 17.9 Å². The van der Waals surface area contributed by atoms with Crippen LogP contribution in [0.15, 0.2) is 6.07 Å². The zero-order valence-electron chi connectivity index (χ0n) is 11.0. The molecule has 112 valence electrons. The van der Waals surface area contributed by atoms with Crippen LogP contribution in [0.2, 0.25) is 0 Å². The Bertz CT molecular complexity index is 492. The molecule has 0 amide bonds. The first-order valence-corrected chi connectivity index (χ1v) is 6.27. The topological polar surface area (TPSA) is 41.0 Å². The highest BCUT2D eigenvalue weighted by atomic mass is 35.5. The van der Waals surface area contributed by atoms with Crippen molar-refractivity contribution in [3.05, 3.63) is 17.6 Å². The van der Waals surface area contributed by atoms with Crippen molar-refractivity contribution in [2.75, 3.05) is 31.1 Å². The van der Waals surface area contributed by atoms with Gasteiger partial charge in [-0.3, -0.25) is 0 Å². The van der Waals surface area contributed by atoms with Crippen LogP contribution >= 0.6 is 12.4 Å². The Kier molecular flexibility index (Phi) is 3.85. The van der Waals surface area contributed by atoms with E-state index in [0.29, 0.717) is 11.5 Å². The zero-order chi connectivity index (χ0) is 13.7. The minimum Gasteiger partial charge on any atom is -0.355 e. The van der Waals surface area contributed by atoms with Gasteiger partial charge in [0.25, 0.3) is 0 Å². The molecule has 20 heavy (non-hydrogen) atoms. The molecule has 2 aliphatic heterocycles. The van der Waals surface area contributed by atoms with Gasteiger partial charge in [-0.25, -0.2) is 9.97 Å². The molecular weight excluding hydrogens is 293 g/mol. The number of halogens is 4. The van der Waals surface area contributed by atoms with Gasteiger partial charge in [0, 0.05) is 36.8 Å². The fourth-order valence-electron chi connectivity index (χ4n) is 2.83. The molecular formula is C12H16ClF3N4. The molecule has 8 heteroatoms. The fraction of sp³-hybridized carbons (Fsp3) is 0.667. The molecule has 0 unspecified atom stereocenters. The quantitative estimate of drug-likeness (QED) is 0.862. The van der Waals surface area contributed by atoms with Crippen LogP contribution in [-0.4, -0.2) is 36.1 Å². The van der Waals surface area contributed by atoms with Crippen molar-refractivity contribution in [1.29, 1.82) is 0 Å². The van der Waals surface area contributed by atoms with Crippen LogP contribution in [0.4, 0.5) is 19.0 Å². The lowest BCUT2D eigenvalue weighted by molar-refractivity contribution is -0.145. The SMILES string of the molecule is Cc1cc(N2CC3(CCNC3)C2)nc(C(F)(F)F)n1.Cl. The summed E-state index contributed by atoms with van der Waals surface area (Å²) in [5.41, 5.74) is 0.583. The molecule has 0 aliphatic carbocycles. The minimum absolute atomic E-state index is 0. The van der Waals surface area contributed by atoms with E-state index in [2.05, 4.69) is 15.3 Å². The van der Waals surface area contributed by atoms with Gasteiger partial charge < -0.3 is 10.2 Å². The van der Waals surface area contributed by atoms with E-state index < -0.39 is 12.0 Å². The molecule has 0 bridgehead atoms. The highest BCUT2D eigenvalue weighted by molar-refractivity contribution is 5.85. The third kappa shape index (κ3) is 2.69. The molecule has 2 saturated heterocycles. The highest BCUT2D eigenvalue weighted by Crippen LogP contribution is 2.39. The summed E-state index contributed by atoms with van der Waals surface area (Å²) < 4.78 is 38.0. The number of anilines is 1. The average Bonchev–Trinajstić information content (AvgIpc) is 2.73. The Labute approximate surface area is 121 Å². The van der Waals surface area contributed by atoms with Crippen LogP contribution in [0.5, 0.6) is 0 Å². The van der Waals surface area contributed by atoms with Crippen molar-refractivity contribution < 1.29 is 13.2 Å². The summed E-state index contributed by atoms with van der Waals surface area (Å²) >= 11 is 0. The number of hydrogen-bond donors (Lipinski definition) is 1. The lowest BCUT2D eigenvalue weighted by Crippen LogP contribution is -2.58. The number of aryl methyl sites for hydroxylation is 1. The van der Waals surface area contributed by atoms with Gasteiger partial charge in [-0.1, -0.05) is 0 Å². The van der Waals surface area contributed by atoms with Crippen LogP contribution < -0.4 is 10.2 Å². The Hall–Kier alpha value is -1.08. The van der Waals surface area contributed by atoms with Gasteiger partial charge in [-0.15, -0.1) is 12.4 Å². The summed E-state index contributed by atoms with van der Waals surface area (Å²) in [5.74, 6) is -0.662. The van der Waals surface area contributed by atoms with Gasteiger partial charge >= 0.3 is 6.18 Å². The number of hydrogen-bond acceptors (Lipinski definition) is 4. The van der Waals surface area contributed by atoms with E-state index in [0.717, 1.165) is 32.6 Å². The molecule has 2 fully saturated rings. The molecule has 3 heterocycles. The summed E-state index contributed by atoms with van der Waals surface area (Å²) in [6, 6.07) is 1.62. The zero-order valence-corrected chi connectivity index (χ0v) is 11.8. The Balaban J connectivity index is 0.00000147. The molecule has 0 atom stereocenters. The van der Waals surface area contributed by atoms with E-state index in [1.807, 2.05) is 4.90 Å². The average molecular weight is 309 g/mol. The monoisotopic (exact) mass is 308 g/mol. The Morgan fingerprint density at radius 2 is 2.00 bits per heavy atom. The number of aromatic nitrogens is 2. The van der Waals surface area contributed by atoms with Crippen molar-refractivity contribution in [2.24, 2.45) is 5.41 Å². The molecule has 4 nitrogen and oxygen atoms in total. The van der Waals surface area contributed by atoms with Gasteiger partial charge in [0.15, 0.2) is 0 Å². The predicted octanol–water partition coefficient (Wildman–Crippen LogP) is 2.03. The Morgan fingerprint density at radius 3 is 2.55 bits per heavy atom. The largest absolute Gasteiger partial charge is 0.451 e. The first-order chi connectivity index (χ1) is 8.88. The molecule has 1 N–H and O–H groups in total. The van der Waals surface area contributed by atoms with E-state index in [-0.39, 0.29) is 17.8 Å². The maximum Gasteiger partial charge on any atom is 0.451 e. The first kappa shape index (κ1) is 15.3. The predicted molar refractivity (Wildman–Crippen MR) is 71.2 cm³/mol. The van der Waals surface area contributed by atoms with Gasteiger partial charge in [-0.05, 0) is 19.9 Å². The van der Waals surface area contributed by atoms with Gasteiger partial charge in [0.1, 0.15) is 5.82 Å². The van der Waals surface area contributed by atoms with Crippen molar-refractivity contribution >= 4 is 18.2 Å². The summed E-state index contributed by atoms with van der Waals surface area (Å²) in [5, 5.41) is 3.29. The third-order valence-corrected chi connectivity index (χ3v) is 3.80.